The molecule has 2 aliphatic heterocycles. The molecule has 0 aliphatic carbocycles. The van der Waals surface area contributed by atoms with Gasteiger partial charge in [0.2, 0.25) is 11.6 Å². The molecule has 0 radical (unpaired) electrons. The first-order valence-corrected chi connectivity index (χ1v) is 4.56. The Balaban J connectivity index is 2.28. The molecular weight excluding hydrogens is 180 g/mol. The molecule has 12 heavy (non-hydrogen) atoms. The Bertz CT molecular complexity index is 270. The summed E-state index contributed by atoms with van der Waals surface area (Å²) in [6.45, 7) is 0. The molecule has 0 aromatic carbocycles. The second-order valence-electron chi connectivity index (χ2n) is 2.96. The minimum absolute atomic E-state index is 0.00130. The first-order valence-electron chi connectivity index (χ1n) is 3.52. The van der Waals surface area contributed by atoms with Crippen LogP contribution in [0.1, 0.15) is 6.42 Å². The van der Waals surface area contributed by atoms with Crippen LogP contribution >= 0.6 is 11.8 Å². The Kier molecular flexibility index (Phi) is 1.40. The van der Waals surface area contributed by atoms with Crippen molar-refractivity contribution in [1.29, 1.82) is 0 Å². The summed E-state index contributed by atoms with van der Waals surface area (Å²) in [5, 5.41) is 8.78. The van der Waals surface area contributed by atoms with Gasteiger partial charge in [0.1, 0.15) is 0 Å². The maximum atomic E-state index is 11.0. The molecule has 0 saturated carbocycles. The van der Waals surface area contributed by atoms with Crippen molar-refractivity contribution in [2.24, 2.45) is 5.73 Å². The average Bonchev–Trinajstić information content (AvgIpc) is 2.22. The summed E-state index contributed by atoms with van der Waals surface area (Å²) in [4.78, 5) is 23.0. The van der Waals surface area contributed by atoms with Crippen molar-refractivity contribution in [2.75, 3.05) is 5.75 Å². The van der Waals surface area contributed by atoms with E-state index in [9.17, 15) is 9.59 Å². The van der Waals surface area contributed by atoms with E-state index in [0.717, 1.165) is 0 Å². The van der Waals surface area contributed by atoms with Gasteiger partial charge in [0.15, 0.2) is 0 Å². The molecule has 2 saturated heterocycles. The van der Waals surface area contributed by atoms with Gasteiger partial charge in [0.25, 0.3) is 0 Å². The molecule has 1 amide bonds. The van der Waals surface area contributed by atoms with E-state index >= 15 is 0 Å². The number of carboxylic acids is 1. The van der Waals surface area contributed by atoms with Crippen LogP contribution in [-0.2, 0) is 9.59 Å². The van der Waals surface area contributed by atoms with Crippen molar-refractivity contribution >= 4 is 23.6 Å². The molecule has 2 heterocycles. The fourth-order valence-electron chi connectivity index (χ4n) is 1.46. The van der Waals surface area contributed by atoms with E-state index in [0.29, 0.717) is 12.2 Å². The third-order valence-corrected chi connectivity index (χ3v) is 3.57. The van der Waals surface area contributed by atoms with Crippen LogP contribution < -0.4 is 5.73 Å². The maximum Gasteiger partial charge on any atom is 0.345 e. The number of hydrogen-bond acceptors (Lipinski definition) is 4. The van der Waals surface area contributed by atoms with Crippen LogP contribution in [0.4, 0.5) is 0 Å². The van der Waals surface area contributed by atoms with Crippen molar-refractivity contribution in [1.82, 2.24) is 4.90 Å². The lowest BCUT2D eigenvalue weighted by molar-refractivity contribution is -0.164. The van der Waals surface area contributed by atoms with Crippen molar-refractivity contribution in [3.63, 3.8) is 0 Å². The second-order valence-corrected chi connectivity index (χ2v) is 4.13. The van der Waals surface area contributed by atoms with Gasteiger partial charge >= 0.3 is 5.97 Å². The van der Waals surface area contributed by atoms with Gasteiger partial charge in [-0.1, -0.05) is 0 Å². The number of carbonyl (C=O) groups is 2. The van der Waals surface area contributed by atoms with Gasteiger partial charge in [0.05, 0.1) is 11.8 Å². The predicted octanol–water partition coefficient (Wildman–Crippen LogP) is -0.969. The summed E-state index contributed by atoms with van der Waals surface area (Å²) < 4.78 is 0. The Hall–Kier alpha value is -0.750. The summed E-state index contributed by atoms with van der Waals surface area (Å²) >= 11 is 1.43. The highest BCUT2D eigenvalue weighted by molar-refractivity contribution is 8.00. The molecule has 2 fully saturated rings. The molecule has 0 bridgehead atoms. The lowest BCUT2D eigenvalue weighted by Crippen LogP contribution is -2.67. The Labute approximate surface area is 72.9 Å². The largest absolute Gasteiger partial charge is 0.478 e. The molecular formula is C6H8N2O3S. The normalized spacial score (nSPS) is 39.2. The molecule has 3 N–H and O–H groups in total. The van der Waals surface area contributed by atoms with Crippen molar-refractivity contribution in [2.45, 2.75) is 17.5 Å². The highest BCUT2D eigenvalue weighted by atomic mass is 32.2. The third kappa shape index (κ3) is 0.736. The number of aliphatic carboxylic acids is 1. The van der Waals surface area contributed by atoms with Gasteiger partial charge in [-0.05, 0) is 0 Å². The molecule has 2 atom stereocenters. The van der Waals surface area contributed by atoms with E-state index in [1.165, 1.54) is 16.7 Å². The van der Waals surface area contributed by atoms with Gasteiger partial charge in [-0.2, -0.15) is 0 Å². The minimum Gasteiger partial charge on any atom is -0.478 e. The van der Waals surface area contributed by atoms with Crippen LogP contribution in [0.15, 0.2) is 0 Å². The molecule has 6 heteroatoms. The molecule has 0 aromatic rings. The predicted molar refractivity (Wildman–Crippen MR) is 42.3 cm³/mol. The third-order valence-electron chi connectivity index (χ3n) is 2.20. The van der Waals surface area contributed by atoms with E-state index in [1.807, 2.05) is 0 Å². The van der Waals surface area contributed by atoms with E-state index in [2.05, 4.69) is 0 Å². The van der Waals surface area contributed by atoms with Crippen LogP contribution in [0, 0.1) is 0 Å². The number of β-lactam (4-membered cyclic amide) rings is 1. The molecule has 5 nitrogen and oxygen atoms in total. The monoisotopic (exact) mass is 188 g/mol. The van der Waals surface area contributed by atoms with Gasteiger partial charge in [-0.25, -0.2) is 4.79 Å². The van der Waals surface area contributed by atoms with Crippen LogP contribution in [0.5, 0.6) is 0 Å². The van der Waals surface area contributed by atoms with Gasteiger partial charge in [-0.3, -0.25) is 10.5 Å². The van der Waals surface area contributed by atoms with Crippen molar-refractivity contribution in [3.8, 4) is 0 Å². The molecule has 0 spiro atoms. The highest BCUT2D eigenvalue weighted by Gasteiger charge is 2.58. The number of thioether (sulfide) groups is 1. The van der Waals surface area contributed by atoms with E-state index in [4.69, 9.17) is 10.8 Å². The number of nitrogens with zero attached hydrogens (tertiary/aromatic N) is 1. The highest BCUT2D eigenvalue weighted by Crippen LogP contribution is 2.42. The summed E-state index contributed by atoms with van der Waals surface area (Å²) in [6, 6.07) is 0. The number of rotatable bonds is 1. The van der Waals surface area contributed by atoms with Crippen LogP contribution in [0.25, 0.3) is 0 Å². The number of fused-ring (bicyclic) bond motifs is 1. The fraction of sp³-hybridized carbons (Fsp3) is 0.667. The number of carboxylic acid groups (broad SMARTS) is 1. The quantitative estimate of drug-likeness (QED) is 0.517. The van der Waals surface area contributed by atoms with Gasteiger partial charge < -0.3 is 10.0 Å². The lowest BCUT2D eigenvalue weighted by Gasteiger charge is -2.40. The van der Waals surface area contributed by atoms with E-state index in [-0.39, 0.29) is 11.3 Å². The summed E-state index contributed by atoms with van der Waals surface area (Å²) in [5.41, 5.74) is 4.11. The van der Waals surface area contributed by atoms with Gasteiger partial charge in [0, 0.05) is 5.75 Å². The SMILES string of the molecule is NC1(C(=O)O)CSC2CC(=O)N21. The van der Waals surface area contributed by atoms with Gasteiger partial charge in [-0.15, -0.1) is 11.8 Å². The average molecular weight is 188 g/mol. The van der Waals surface area contributed by atoms with Crippen LogP contribution in [-0.4, -0.2) is 38.7 Å². The Morgan fingerprint density at radius 2 is 2.50 bits per heavy atom. The second kappa shape index (κ2) is 2.14. The number of amides is 1. The number of nitrogens with two attached hydrogens (primary N) is 1. The number of hydrogen-bond donors (Lipinski definition) is 2. The van der Waals surface area contributed by atoms with Crippen LogP contribution in [0.2, 0.25) is 0 Å². The maximum absolute atomic E-state index is 11.0. The molecule has 2 aliphatic rings. The minimum atomic E-state index is -1.45. The van der Waals surface area contributed by atoms with Crippen molar-refractivity contribution in [3.05, 3.63) is 0 Å². The first-order chi connectivity index (χ1) is 5.55. The zero-order chi connectivity index (χ0) is 8.93. The summed E-state index contributed by atoms with van der Waals surface area (Å²) in [6.07, 6.45) is 0.427. The summed E-state index contributed by atoms with van der Waals surface area (Å²) in [5.74, 6) is -0.987. The Morgan fingerprint density at radius 3 is 2.92 bits per heavy atom. The Morgan fingerprint density at radius 1 is 1.83 bits per heavy atom. The zero-order valence-electron chi connectivity index (χ0n) is 6.19. The van der Waals surface area contributed by atoms with E-state index in [1.54, 1.807) is 0 Å². The fourth-order valence-corrected chi connectivity index (χ4v) is 2.88. The molecule has 0 aromatic heterocycles. The molecule has 2 unspecified atom stereocenters. The topological polar surface area (TPSA) is 83.6 Å². The zero-order valence-corrected chi connectivity index (χ0v) is 7.00. The number of carbonyl (C=O) groups excluding carboxylic acids is 1. The van der Waals surface area contributed by atoms with Crippen LogP contribution in [0.3, 0.4) is 0 Å². The molecule has 66 valence electrons. The van der Waals surface area contributed by atoms with E-state index < -0.39 is 11.6 Å². The first kappa shape index (κ1) is 7.88. The lowest BCUT2D eigenvalue weighted by atomic mass is 10.1. The smallest absolute Gasteiger partial charge is 0.345 e. The standard InChI is InChI=1S/C6H8N2O3S/c7-6(5(10)11)2-12-4-1-3(9)8(4)6/h4H,1-2,7H2,(H,10,11). The molecule has 2 rings (SSSR count). The van der Waals surface area contributed by atoms with Crippen molar-refractivity contribution < 1.29 is 14.7 Å². The summed E-state index contributed by atoms with van der Waals surface area (Å²) in [7, 11) is 0.